The molecular formula is C35H38N2O7. The number of rotatable bonds is 7. The number of fused-ring (bicyclic) bond motifs is 1. The van der Waals surface area contributed by atoms with Gasteiger partial charge in [0.15, 0.2) is 6.29 Å². The van der Waals surface area contributed by atoms with Crippen LogP contribution in [-0.2, 0) is 25.6 Å². The number of amides is 2. The van der Waals surface area contributed by atoms with Crippen LogP contribution in [0, 0.1) is 0 Å². The lowest BCUT2D eigenvalue weighted by molar-refractivity contribution is -0.253. The average molecular weight is 599 g/mol. The predicted octanol–water partition coefficient (Wildman–Crippen LogP) is 5.33. The quantitative estimate of drug-likeness (QED) is 0.287. The van der Waals surface area contributed by atoms with E-state index in [4.69, 9.17) is 14.2 Å². The zero-order valence-corrected chi connectivity index (χ0v) is 25.3. The molecule has 0 aliphatic carbocycles. The van der Waals surface area contributed by atoms with E-state index in [2.05, 4.69) is 4.90 Å². The monoisotopic (exact) mass is 598 g/mol. The van der Waals surface area contributed by atoms with Gasteiger partial charge in [-0.2, -0.15) is 0 Å². The fourth-order valence-electron chi connectivity index (χ4n) is 6.21. The van der Waals surface area contributed by atoms with Crippen LogP contribution in [0.3, 0.4) is 0 Å². The van der Waals surface area contributed by atoms with Crippen LogP contribution in [0.1, 0.15) is 89.8 Å². The Morgan fingerprint density at radius 1 is 0.932 bits per heavy atom. The van der Waals surface area contributed by atoms with Crippen LogP contribution < -0.4 is 4.90 Å². The minimum Gasteiger partial charge on any atom is -0.459 e. The van der Waals surface area contributed by atoms with Gasteiger partial charge in [0.25, 0.3) is 11.8 Å². The summed E-state index contributed by atoms with van der Waals surface area (Å²) in [5, 5.41) is 9.54. The van der Waals surface area contributed by atoms with Crippen LogP contribution in [-0.4, -0.2) is 58.6 Å². The first-order valence-corrected chi connectivity index (χ1v) is 15.2. The van der Waals surface area contributed by atoms with Crippen LogP contribution in [0.4, 0.5) is 5.69 Å². The van der Waals surface area contributed by atoms with Gasteiger partial charge in [-0.3, -0.25) is 19.3 Å². The molecule has 3 aromatic carbocycles. The van der Waals surface area contributed by atoms with Crippen molar-refractivity contribution in [3.8, 4) is 0 Å². The van der Waals surface area contributed by atoms with Crippen LogP contribution in [0.2, 0.25) is 0 Å². The summed E-state index contributed by atoms with van der Waals surface area (Å²) in [7, 11) is 0. The maximum atomic E-state index is 13.2. The van der Waals surface area contributed by atoms with Crippen molar-refractivity contribution in [3.05, 3.63) is 101 Å². The number of imide groups is 1. The van der Waals surface area contributed by atoms with E-state index >= 15 is 0 Å². The fraction of sp³-hybridized carbons (Fsp3) is 0.400. The summed E-state index contributed by atoms with van der Waals surface area (Å²) >= 11 is 0. The van der Waals surface area contributed by atoms with Gasteiger partial charge in [-0.1, -0.05) is 48.5 Å². The van der Waals surface area contributed by atoms with Gasteiger partial charge in [0.1, 0.15) is 11.6 Å². The molecule has 2 fully saturated rings. The Balaban J connectivity index is 1.26. The molecule has 3 aliphatic heterocycles. The van der Waals surface area contributed by atoms with Crippen molar-refractivity contribution in [2.45, 2.75) is 76.8 Å². The molecule has 44 heavy (non-hydrogen) atoms. The third kappa shape index (κ3) is 6.19. The summed E-state index contributed by atoms with van der Waals surface area (Å²) in [5.74, 6) is -0.950. The third-order valence-corrected chi connectivity index (χ3v) is 8.29. The molecule has 3 aliphatic rings. The zero-order valence-electron chi connectivity index (χ0n) is 25.3. The molecule has 0 saturated carbocycles. The highest BCUT2D eigenvalue weighted by molar-refractivity contribution is 6.34. The highest BCUT2D eigenvalue weighted by Gasteiger charge is 2.40. The number of likely N-dealkylation sites (tertiary alicyclic amines) is 1. The maximum absolute atomic E-state index is 13.2. The molecule has 0 spiro atoms. The summed E-state index contributed by atoms with van der Waals surface area (Å²) in [6.45, 7) is 6.86. The molecule has 2 amide bonds. The van der Waals surface area contributed by atoms with E-state index < -0.39 is 11.9 Å². The first-order valence-electron chi connectivity index (χ1n) is 15.2. The summed E-state index contributed by atoms with van der Waals surface area (Å²) < 4.78 is 18.8. The fourth-order valence-corrected chi connectivity index (χ4v) is 6.21. The number of aliphatic hydroxyl groups is 1. The van der Waals surface area contributed by atoms with Gasteiger partial charge < -0.3 is 19.3 Å². The maximum Gasteiger partial charge on any atom is 0.323 e. The molecule has 2 saturated heterocycles. The number of esters is 1. The molecule has 0 radical (unpaired) electrons. The van der Waals surface area contributed by atoms with Crippen molar-refractivity contribution >= 4 is 23.5 Å². The first kappa shape index (κ1) is 30.1. The minimum absolute atomic E-state index is 0.0498. The molecule has 0 unspecified atom stereocenters. The first-order chi connectivity index (χ1) is 21.1. The molecule has 9 nitrogen and oxygen atoms in total. The lowest BCUT2D eigenvalue weighted by atomic mass is 9.99. The largest absolute Gasteiger partial charge is 0.459 e. The van der Waals surface area contributed by atoms with E-state index in [9.17, 15) is 19.5 Å². The number of hydrogen-bond acceptors (Lipinski definition) is 8. The van der Waals surface area contributed by atoms with E-state index in [-0.39, 0.29) is 42.6 Å². The summed E-state index contributed by atoms with van der Waals surface area (Å²) in [4.78, 5) is 42.7. The zero-order chi connectivity index (χ0) is 31.0. The van der Waals surface area contributed by atoms with Crippen molar-refractivity contribution < 1.29 is 33.7 Å². The SMILES string of the molecule is CC(C)(C)OC(=O)[C@@H]1CCCN1C[C@@H]1C[C@H](c2ccc(CO)cc2)O[C@H](c2cccc(N3C(=O)c4ccccc4C3=O)c2)O1. The van der Waals surface area contributed by atoms with Gasteiger partial charge in [-0.15, -0.1) is 0 Å². The van der Waals surface area contributed by atoms with Crippen LogP contribution in [0.25, 0.3) is 0 Å². The van der Waals surface area contributed by atoms with Crippen LogP contribution >= 0.6 is 0 Å². The van der Waals surface area contributed by atoms with Crippen molar-refractivity contribution in [2.24, 2.45) is 0 Å². The van der Waals surface area contributed by atoms with Crippen LogP contribution in [0.5, 0.6) is 0 Å². The Morgan fingerprint density at radius 3 is 2.30 bits per heavy atom. The van der Waals surface area contributed by atoms with Crippen molar-refractivity contribution in [2.75, 3.05) is 18.0 Å². The van der Waals surface area contributed by atoms with Crippen molar-refractivity contribution in [1.29, 1.82) is 0 Å². The second kappa shape index (κ2) is 12.2. The number of carbonyl (C=O) groups excluding carboxylic acids is 3. The van der Waals surface area contributed by atoms with Gasteiger partial charge in [0.2, 0.25) is 0 Å². The number of hydrogen-bond donors (Lipinski definition) is 1. The number of aliphatic hydroxyl groups excluding tert-OH is 1. The number of nitrogens with zero attached hydrogens (tertiary/aromatic N) is 2. The Kier molecular flexibility index (Phi) is 8.39. The Hall–Kier alpha value is -3.89. The van der Waals surface area contributed by atoms with E-state index in [1.165, 1.54) is 4.90 Å². The predicted molar refractivity (Wildman–Crippen MR) is 163 cm³/mol. The molecule has 9 heteroatoms. The Bertz CT molecular complexity index is 1510. The third-order valence-electron chi connectivity index (χ3n) is 8.29. The molecular weight excluding hydrogens is 560 g/mol. The molecule has 3 heterocycles. The molecule has 0 aromatic heterocycles. The van der Waals surface area contributed by atoms with Gasteiger partial charge in [-0.25, -0.2) is 4.90 Å². The highest BCUT2D eigenvalue weighted by Crippen LogP contribution is 2.40. The minimum atomic E-state index is -0.783. The number of carbonyl (C=O) groups is 3. The number of benzene rings is 3. The van der Waals surface area contributed by atoms with Crippen molar-refractivity contribution in [1.82, 2.24) is 4.90 Å². The standard InChI is InChI=1S/C35H38N2O7/c1-35(2,3)44-33(41)29-12-7-17-36(29)20-26-19-30(23-15-13-22(21-38)14-16-23)43-34(42-26)24-8-6-9-25(18-24)37-31(39)27-10-4-5-11-28(27)32(37)40/h4-6,8-11,13-16,18,26,29-30,34,38H,7,12,17,19-21H2,1-3H3/t26-,29-,30+,34+/m0/s1. The molecule has 6 rings (SSSR count). The van der Waals surface area contributed by atoms with Crippen molar-refractivity contribution in [3.63, 3.8) is 0 Å². The Morgan fingerprint density at radius 2 is 1.64 bits per heavy atom. The second-order valence-electron chi connectivity index (χ2n) is 12.6. The summed E-state index contributed by atoms with van der Waals surface area (Å²) in [5.41, 5.74) is 3.06. The topological polar surface area (TPSA) is 106 Å². The average Bonchev–Trinajstić information content (AvgIpc) is 3.58. The van der Waals surface area contributed by atoms with Crippen LogP contribution in [0.15, 0.2) is 72.8 Å². The highest BCUT2D eigenvalue weighted by atomic mass is 16.7. The molecule has 4 atom stereocenters. The van der Waals surface area contributed by atoms with E-state index in [0.717, 1.165) is 30.5 Å². The molecule has 0 bridgehead atoms. The lowest BCUT2D eigenvalue weighted by Crippen LogP contribution is -2.45. The molecule has 3 aromatic rings. The molecule has 1 N–H and O–H groups in total. The summed E-state index contributed by atoms with van der Waals surface area (Å²) in [6.07, 6.45) is 0.805. The second-order valence-corrected chi connectivity index (χ2v) is 12.6. The van der Waals surface area contributed by atoms with E-state index in [0.29, 0.717) is 35.3 Å². The lowest BCUT2D eigenvalue weighted by Gasteiger charge is -2.39. The van der Waals surface area contributed by atoms with E-state index in [1.54, 1.807) is 42.5 Å². The normalized spacial score (nSPS) is 24.0. The number of ether oxygens (including phenoxy) is 3. The van der Waals surface area contributed by atoms with Gasteiger partial charge in [-0.05, 0) is 75.5 Å². The Labute approximate surface area is 257 Å². The molecule has 230 valence electrons. The summed E-state index contributed by atoms with van der Waals surface area (Å²) in [6, 6.07) is 21.3. The van der Waals surface area contributed by atoms with E-state index in [1.807, 2.05) is 51.1 Å². The van der Waals surface area contributed by atoms with Gasteiger partial charge in [0.05, 0.1) is 35.6 Å². The number of anilines is 1. The van der Waals surface area contributed by atoms with Gasteiger partial charge in [0, 0.05) is 18.5 Å². The smallest absolute Gasteiger partial charge is 0.323 e. The van der Waals surface area contributed by atoms with Gasteiger partial charge >= 0.3 is 5.97 Å².